The third kappa shape index (κ3) is 4.55. The van der Waals surface area contributed by atoms with Gasteiger partial charge in [0.2, 0.25) is 0 Å². The molecule has 0 bridgehead atoms. The van der Waals surface area contributed by atoms with Gasteiger partial charge in [0.1, 0.15) is 0 Å². The second-order valence-corrected chi connectivity index (χ2v) is 12.4. The zero-order chi connectivity index (χ0) is 12.2. The lowest BCUT2D eigenvalue weighted by molar-refractivity contribution is 1.02. The molecule has 0 atom stereocenters. The van der Waals surface area contributed by atoms with Crippen LogP contribution < -0.4 is 0 Å². The van der Waals surface area contributed by atoms with E-state index in [4.69, 9.17) is 0 Å². The van der Waals surface area contributed by atoms with Crippen LogP contribution in [0.25, 0.3) is 0 Å². The van der Waals surface area contributed by atoms with Crippen LogP contribution in [-0.4, -0.2) is 67.0 Å². The summed E-state index contributed by atoms with van der Waals surface area (Å²) in [5.74, 6) is 11.3. The first-order valence-electron chi connectivity index (χ1n) is 6.52. The highest BCUT2D eigenvalue weighted by molar-refractivity contribution is 8.11. The summed E-state index contributed by atoms with van der Waals surface area (Å²) >= 11 is 13.2. The molecule has 104 valence electrons. The van der Waals surface area contributed by atoms with Gasteiger partial charge < -0.3 is 0 Å². The normalized spacial score (nSPS) is 25.8. The lowest BCUT2D eigenvalue weighted by Gasteiger charge is -2.32. The van der Waals surface area contributed by atoms with Gasteiger partial charge in [-0.15, -0.1) is 0 Å². The zero-order valence-electron chi connectivity index (χ0n) is 10.4. The predicted octanol–water partition coefficient (Wildman–Crippen LogP) is 3.90. The van der Waals surface area contributed by atoms with E-state index in [2.05, 4.69) is 70.6 Å². The first-order valence-corrected chi connectivity index (χ1v) is 13.0. The van der Waals surface area contributed by atoms with Gasteiger partial charge in [0.25, 0.3) is 0 Å². The van der Waals surface area contributed by atoms with E-state index >= 15 is 0 Å². The minimum atomic E-state index is 0.919. The van der Waals surface area contributed by atoms with E-state index in [1.807, 2.05) is 0 Å². The molecule has 0 nitrogen and oxygen atoms in total. The molecular weight excluding hydrogens is 337 g/mol. The Hall–Kier alpha value is 2.10. The molecule has 0 aliphatic carbocycles. The Kier molecular flexibility index (Phi) is 6.61. The summed E-state index contributed by atoms with van der Waals surface area (Å²) in [6, 6.07) is 0. The molecule has 18 heavy (non-hydrogen) atoms. The molecule has 0 aromatic carbocycles. The van der Waals surface area contributed by atoms with Gasteiger partial charge in [0.15, 0.2) is 0 Å². The van der Waals surface area contributed by atoms with Gasteiger partial charge in [-0.1, -0.05) is 0 Å². The van der Waals surface area contributed by atoms with E-state index in [-0.39, 0.29) is 0 Å². The number of hydrogen-bond donors (Lipinski definition) is 0. The fourth-order valence-electron chi connectivity index (χ4n) is 1.80. The third-order valence-corrected chi connectivity index (χ3v) is 13.0. The van der Waals surface area contributed by atoms with Crippen molar-refractivity contribution in [1.82, 2.24) is 0 Å². The molecule has 0 radical (unpaired) electrons. The molecule has 3 fully saturated rings. The van der Waals surface area contributed by atoms with Crippen LogP contribution in [0.5, 0.6) is 0 Å². The molecule has 3 aliphatic rings. The van der Waals surface area contributed by atoms with Crippen LogP contribution in [0, 0.1) is 0 Å². The van der Waals surface area contributed by atoms with Crippen molar-refractivity contribution in [3.63, 3.8) is 0 Å². The van der Waals surface area contributed by atoms with Crippen molar-refractivity contribution in [3.05, 3.63) is 0 Å². The van der Waals surface area contributed by atoms with Gasteiger partial charge in [0, 0.05) is 67.0 Å². The molecule has 0 saturated carbocycles. The summed E-state index contributed by atoms with van der Waals surface area (Å²) in [6.07, 6.45) is 0. The molecule has 3 rings (SSSR count). The fourth-order valence-corrected chi connectivity index (χ4v) is 9.99. The van der Waals surface area contributed by atoms with Crippen LogP contribution in [0.4, 0.5) is 0 Å². The summed E-state index contributed by atoms with van der Waals surface area (Å²) in [5.41, 5.74) is 0. The molecule has 3 heterocycles. The van der Waals surface area contributed by atoms with Gasteiger partial charge in [-0.25, -0.2) is 0 Å². The van der Waals surface area contributed by atoms with Crippen LogP contribution in [0.15, 0.2) is 0 Å². The molecule has 0 N–H and O–H groups in total. The standard InChI is InChI=1S/C12H20S6/c1-9(2-13-1)16-7-12(18-11-5-15-6-11)8-17-10-3-14-4-10/h9-12H,1-8H2. The Morgan fingerprint density at radius 2 is 1.17 bits per heavy atom. The van der Waals surface area contributed by atoms with Gasteiger partial charge in [-0.3, -0.25) is 0 Å². The SMILES string of the molecule is C1SCC1SCC(CSC1CSC1)SC1CSC1. The van der Waals surface area contributed by atoms with Crippen LogP contribution in [-0.2, 0) is 0 Å². The van der Waals surface area contributed by atoms with E-state index in [9.17, 15) is 0 Å². The van der Waals surface area contributed by atoms with Gasteiger partial charge in [-0.2, -0.15) is 70.6 Å². The minimum Gasteiger partial charge on any atom is -0.160 e. The summed E-state index contributed by atoms with van der Waals surface area (Å²) in [6.45, 7) is 0. The number of hydrogen-bond acceptors (Lipinski definition) is 6. The van der Waals surface area contributed by atoms with Crippen molar-refractivity contribution >= 4 is 70.6 Å². The van der Waals surface area contributed by atoms with Crippen molar-refractivity contribution in [2.75, 3.05) is 46.0 Å². The van der Waals surface area contributed by atoms with E-state index in [0.717, 1.165) is 21.0 Å². The molecule has 0 spiro atoms. The number of thioether (sulfide) groups is 6. The van der Waals surface area contributed by atoms with Crippen molar-refractivity contribution in [2.45, 2.75) is 21.0 Å². The Morgan fingerprint density at radius 3 is 1.50 bits per heavy atom. The molecular formula is C12H20S6. The molecule has 6 heteroatoms. The fraction of sp³-hybridized carbons (Fsp3) is 1.00. The Labute approximate surface area is 136 Å². The smallest absolute Gasteiger partial charge is 0.0232 e. The lowest BCUT2D eigenvalue weighted by Crippen LogP contribution is -2.30. The average molecular weight is 357 g/mol. The maximum Gasteiger partial charge on any atom is 0.0232 e. The minimum absolute atomic E-state index is 0.919. The second kappa shape index (κ2) is 7.92. The maximum atomic E-state index is 2.31. The highest BCUT2D eigenvalue weighted by Gasteiger charge is 2.27. The van der Waals surface area contributed by atoms with Crippen molar-refractivity contribution in [2.24, 2.45) is 0 Å². The van der Waals surface area contributed by atoms with E-state index in [1.165, 1.54) is 46.0 Å². The summed E-state index contributed by atoms with van der Waals surface area (Å²) in [4.78, 5) is 0. The van der Waals surface area contributed by atoms with Crippen LogP contribution >= 0.6 is 70.6 Å². The zero-order valence-corrected chi connectivity index (χ0v) is 15.3. The highest BCUT2D eigenvalue weighted by Crippen LogP contribution is 2.38. The molecule has 0 aromatic rings. The molecule has 3 aliphatic heterocycles. The van der Waals surface area contributed by atoms with E-state index in [1.54, 1.807) is 0 Å². The molecule has 0 aromatic heterocycles. The van der Waals surface area contributed by atoms with E-state index < -0.39 is 0 Å². The largest absolute Gasteiger partial charge is 0.160 e. The van der Waals surface area contributed by atoms with Gasteiger partial charge >= 0.3 is 0 Å². The highest BCUT2D eigenvalue weighted by atomic mass is 32.2. The van der Waals surface area contributed by atoms with Crippen molar-refractivity contribution < 1.29 is 0 Å². The van der Waals surface area contributed by atoms with Gasteiger partial charge in [0.05, 0.1) is 0 Å². The Morgan fingerprint density at radius 1 is 0.722 bits per heavy atom. The Bertz CT molecular complexity index is 231. The Balaban J connectivity index is 1.36. The first kappa shape index (κ1) is 15.0. The topological polar surface area (TPSA) is 0 Å². The molecule has 3 saturated heterocycles. The monoisotopic (exact) mass is 356 g/mol. The van der Waals surface area contributed by atoms with Crippen LogP contribution in [0.2, 0.25) is 0 Å². The van der Waals surface area contributed by atoms with Crippen molar-refractivity contribution in [3.8, 4) is 0 Å². The lowest BCUT2D eigenvalue weighted by atomic mass is 10.5. The maximum absolute atomic E-state index is 2.31. The van der Waals surface area contributed by atoms with Crippen molar-refractivity contribution in [1.29, 1.82) is 0 Å². The summed E-state index contributed by atoms with van der Waals surface area (Å²) < 4.78 is 0. The average Bonchev–Trinajstić information content (AvgIpc) is 2.17. The second-order valence-electron chi connectivity index (χ2n) is 4.90. The third-order valence-electron chi connectivity index (χ3n) is 3.24. The quantitative estimate of drug-likeness (QED) is 0.642. The van der Waals surface area contributed by atoms with Gasteiger partial charge in [-0.05, 0) is 0 Å². The number of rotatable bonds is 8. The summed E-state index contributed by atoms with van der Waals surface area (Å²) in [7, 11) is 0. The predicted molar refractivity (Wildman–Crippen MR) is 99.6 cm³/mol. The van der Waals surface area contributed by atoms with E-state index in [0.29, 0.717) is 0 Å². The molecule has 0 amide bonds. The summed E-state index contributed by atoms with van der Waals surface area (Å²) in [5, 5.41) is 3.87. The van der Waals surface area contributed by atoms with Crippen LogP contribution in [0.1, 0.15) is 0 Å². The molecule has 0 unspecified atom stereocenters. The van der Waals surface area contributed by atoms with Crippen LogP contribution in [0.3, 0.4) is 0 Å². The first-order chi connectivity index (χ1) is 8.90.